The number of carbonyl (C=O) groups excluding carboxylic acids is 1. The normalized spacial score (nSPS) is 9.86. The average molecular weight is 195 g/mol. The van der Waals surface area contributed by atoms with Crippen LogP contribution in [-0.2, 0) is 11.2 Å². The maximum Gasteiger partial charge on any atom is 0.339 e. The van der Waals surface area contributed by atoms with Gasteiger partial charge < -0.3 is 15.6 Å². The number of anilines is 1. The standard InChI is InChI=1S/C10H13NO3/c1-14-10(13)8-3-2-7(4-5-12)6-9(8)11/h2-3,6,12H,4-5,11H2,1H3. The summed E-state index contributed by atoms with van der Waals surface area (Å²) >= 11 is 0. The van der Waals surface area contributed by atoms with Gasteiger partial charge in [-0.05, 0) is 24.1 Å². The van der Waals surface area contributed by atoms with E-state index in [0.717, 1.165) is 5.56 Å². The number of hydrogen-bond acceptors (Lipinski definition) is 4. The van der Waals surface area contributed by atoms with Gasteiger partial charge in [-0.1, -0.05) is 6.07 Å². The molecule has 0 saturated carbocycles. The minimum Gasteiger partial charge on any atom is -0.465 e. The molecule has 0 bridgehead atoms. The summed E-state index contributed by atoms with van der Waals surface area (Å²) in [6.45, 7) is 0.0665. The van der Waals surface area contributed by atoms with Crippen LogP contribution in [0.1, 0.15) is 15.9 Å². The number of methoxy groups -OCH3 is 1. The number of nitrogen functional groups attached to an aromatic ring is 1. The lowest BCUT2D eigenvalue weighted by Crippen LogP contribution is -2.06. The van der Waals surface area contributed by atoms with E-state index in [9.17, 15) is 4.79 Å². The number of hydrogen-bond donors (Lipinski definition) is 2. The molecule has 0 aromatic heterocycles. The molecule has 0 radical (unpaired) electrons. The molecule has 4 heteroatoms. The highest BCUT2D eigenvalue weighted by molar-refractivity contribution is 5.95. The number of nitrogens with two attached hydrogens (primary N) is 1. The smallest absolute Gasteiger partial charge is 0.339 e. The molecule has 0 fully saturated rings. The van der Waals surface area contributed by atoms with E-state index in [2.05, 4.69) is 4.74 Å². The van der Waals surface area contributed by atoms with Crippen LogP contribution in [0.3, 0.4) is 0 Å². The quantitative estimate of drug-likeness (QED) is 0.547. The van der Waals surface area contributed by atoms with Crippen molar-refractivity contribution in [1.82, 2.24) is 0 Å². The number of ether oxygens (including phenoxy) is 1. The molecule has 0 aliphatic carbocycles. The van der Waals surface area contributed by atoms with E-state index in [0.29, 0.717) is 17.7 Å². The molecule has 1 aromatic carbocycles. The van der Waals surface area contributed by atoms with Crippen molar-refractivity contribution in [1.29, 1.82) is 0 Å². The number of benzene rings is 1. The highest BCUT2D eigenvalue weighted by atomic mass is 16.5. The van der Waals surface area contributed by atoms with Gasteiger partial charge in [0, 0.05) is 12.3 Å². The van der Waals surface area contributed by atoms with Crippen molar-refractivity contribution in [2.24, 2.45) is 0 Å². The van der Waals surface area contributed by atoms with E-state index < -0.39 is 5.97 Å². The van der Waals surface area contributed by atoms with E-state index in [1.165, 1.54) is 7.11 Å². The van der Waals surface area contributed by atoms with Crippen LogP contribution < -0.4 is 5.73 Å². The highest BCUT2D eigenvalue weighted by Crippen LogP contribution is 2.15. The fourth-order valence-corrected chi connectivity index (χ4v) is 1.19. The fraction of sp³-hybridized carbons (Fsp3) is 0.300. The molecular formula is C10H13NO3. The third-order valence-electron chi connectivity index (χ3n) is 1.92. The molecule has 0 atom stereocenters. The molecule has 0 aliphatic rings. The molecule has 14 heavy (non-hydrogen) atoms. The second kappa shape index (κ2) is 4.62. The molecule has 0 amide bonds. The maximum absolute atomic E-state index is 11.2. The van der Waals surface area contributed by atoms with Gasteiger partial charge in [-0.3, -0.25) is 0 Å². The zero-order valence-electron chi connectivity index (χ0n) is 7.99. The molecule has 1 aromatic rings. The Bertz CT molecular complexity index is 336. The summed E-state index contributed by atoms with van der Waals surface area (Å²) in [5.41, 5.74) is 7.28. The average Bonchev–Trinajstić information content (AvgIpc) is 2.17. The number of esters is 1. The molecule has 0 heterocycles. The molecule has 1 rings (SSSR count). The molecule has 76 valence electrons. The van der Waals surface area contributed by atoms with Crippen LogP contribution in [-0.4, -0.2) is 24.8 Å². The van der Waals surface area contributed by atoms with Crippen LogP contribution >= 0.6 is 0 Å². The van der Waals surface area contributed by atoms with E-state index in [4.69, 9.17) is 10.8 Å². The van der Waals surface area contributed by atoms with Gasteiger partial charge in [0.1, 0.15) is 0 Å². The van der Waals surface area contributed by atoms with E-state index in [-0.39, 0.29) is 6.61 Å². The lowest BCUT2D eigenvalue weighted by atomic mass is 10.1. The zero-order chi connectivity index (χ0) is 10.6. The Hall–Kier alpha value is -1.55. The van der Waals surface area contributed by atoms with Crippen molar-refractivity contribution >= 4 is 11.7 Å². The summed E-state index contributed by atoms with van der Waals surface area (Å²) < 4.78 is 4.55. The van der Waals surface area contributed by atoms with E-state index >= 15 is 0 Å². The summed E-state index contributed by atoms with van der Waals surface area (Å²) in [7, 11) is 1.31. The van der Waals surface area contributed by atoms with Crippen molar-refractivity contribution < 1.29 is 14.6 Å². The predicted octanol–water partition coefficient (Wildman–Crippen LogP) is 0.590. The topological polar surface area (TPSA) is 72.5 Å². The molecular weight excluding hydrogens is 182 g/mol. The van der Waals surface area contributed by atoms with Gasteiger partial charge in [-0.2, -0.15) is 0 Å². The monoisotopic (exact) mass is 195 g/mol. The zero-order valence-corrected chi connectivity index (χ0v) is 7.99. The Morgan fingerprint density at radius 3 is 2.79 bits per heavy atom. The molecule has 4 nitrogen and oxygen atoms in total. The maximum atomic E-state index is 11.2. The summed E-state index contributed by atoms with van der Waals surface area (Å²) in [5.74, 6) is -0.446. The van der Waals surface area contributed by atoms with Gasteiger partial charge >= 0.3 is 5.97 Å². The first kappa shape index (κ1) is 10.5. The van der Waals surface area contributed by atoms with Crippen LogP contribution in [0.25, 0.3) is 0 Å². The Kier molecular flexibility index (Phi) is 3.48. The van der Waals surface area contributed by atoms with Crippen LogP contribution in [0.5, 0.6) is 0 Å². The molecule has 3 N–H and O–H groups in total. The van der Waals surface area contributed by atoms with Crippen molar-refractivity contribution in [3.63, 3.8) is 0 Å². The van der Waals surface area contributed by atoms with Gasteiger partial charge in [0.25, 0.3) is 0 Å². The summed E-state index contributed by atoms with van der Waals surface area (Å²) in [6.07, 6.45) is 0.533. The van der Waals surface area contributed by atoms with Crippen LogP contribution in [0.15, 0.2) is 18.2 Å². The van der Waals surface area contributed by atoms with Crippen molar-refractivity contribution in [3.8, 4) is 0 Å². The first-order valence-corrected chi connectivity index (χ1v) is 4.26. The lowest BCUT2D eigenvalue weighted by Gasteiger charge is -2.05. The van der Waals surface area contributed by atoms with Crippen molar-refractivity contribution in [2.75, 3.05) is 19.5 Å². The SMILES string of the molecule is COC(=O)c1ccc(CCO)cc1N. The first-order valence-electron chi connectivity index (χ1n) is 4.26. The third-order valence-corrected chi connectivity index (χ3v) is 1.92. The summed E-state index contributed by atoms with van der Waals surface area (Å²) in [6, 6.07) is 5.02. The Labute approximate surface area is 82.3 Å². The number of rotatable bonds is 3. The summed E-state index contributed by atoms with van der Waals surface area (Å²) in [4.78, 5) is 11.2. The largest absolute Gasteiger partial charge is 0.465 e. The molecule has 0 aliphatic heterocycles. The van der Waals surface area contributed by atoms with E-state index in [1.807, 2.05) is 0 Å². The van der Waals surface area contributed by atoms with Crippen LogP contribution in [0.4, 0.5) is 5.69 Å². The van der Waals surface area contributed by atoms with Gasteiger partial charge in [0.15, 0.2) is 0 Å². The number of carbonyl (C=O) groups is 1. The Morgan fingerprint density at radius 2 is 2.29 bits per heavy atom. The number of aliphatic hydroxyl groups excluding tert-OH is 1. The van der Waals surface area contributed by atoms with E-state index in [1.54, 1.807) is 18.2 Å². The molecule has 0 saturated heterocycles. The third kappa shape index (κ3) is 2.23. The molecule has 0 unspecified atom stereocenters. The highest BCUT2D eigenvalue weighted by Gasteiger charge is 2.09. The number of aliphatic hydroxyl groups is 1. The summed E-state index contributed by atoms with van der Waals surface area (Å²) in [5, 5.41) is 8.70. The second-order valence-electron chi connectivity index (χ2n) is 2.89. The minimum atomic E-state index is -0.446. The second-order valence-corrected chi connectivity index (χ2v) is 2.89. The van der Waals surface area contributed by atoms with Crippen molar-refractivity contribution in [3.05, 3.63) is 29.3 Å². The first-order chi connectivity index (χ1) is 6.69. The van der Waals surface area contributed by atoms with Crippen LogP contribution in [0.2, 0.25) is 0 Å². The Balaban J connectivity index is 2.95. The Morgan fingerprint density at radius 1 is 1.57 bits per heavy atom. The van der Waals surface area contributed by atoms with Gasteiger partial charge in [-0.15, -0.1) is 0 Å². The van der Waals surface area contributed by atoms with Gasteiger partial charge in [-0.25, -0.2) is 4.79 Å². The minimum absolute atomic E-state index is 0.0665. The predicted molar refractivity (Wildman–Crippen MR) is 53.0 cm³/mol. The molecule has 0 spiro atoms. The van der Waals surface area contributed by atoms with Crippen molar-refractivity contribution in [2.45, 2.75) is 6.42 Å². The van der Waals surface area contributed by atoms with Crippen LogP contribution in [0, 0.1) is 0 Å². The van der Waals surface area contributed by atoms with Gasteiger partial charge in [0.05, 0.1) is 12.7 Å². The van der Waals surface area contributed by atoms with Gasteiger partial charge in [0.2, 0.25) is 0 Å². The fourth-order valence-electron chi connectivity index (χ4n) is 1.19. The lowest BCUT2D eigenvalue weighted by molar-refractivity contribution is 0.0602.